The van der Waals surface area contributed by atoms with Crippen LogP contribution in [0.4, 0.5) is 0 Å². The van der Waals surface area contributed by atoms with E-state index in [1.165, 1.54) is 17.3 Å². The minimum absolute atomic E-state index is 0.429. The maximum absolute atomic E-state index is 6.08. The van der Waals surface area contributed by atoms with Crippen LogP contribution in [0, 0.1) is 13.8 Å². The summed E-state index contributed by atoms with van der Waals surface area (Å²) in [5, 5.41) is 12.3. The zero-order chi connectivity index (χ0) is 14.1. The molecule has 0 N–H and O–H groups in total. The highest BCUT2D eigenvalue weighted by atomic mass is 35.5. The number of hydrogen-bond acceptors (Lipinski definition) is 4. The smallest absolute Gasteiger partial charge is 0.159 e. The van der Waals surface area contributed by atoms with E-state index in [2.05, 4.69) is 28.2 Å². The first-order valence-electron chi connectivity index (χ1n) is 6.17. The molecule has 0 unspecified atom stereocenters. The van der Waals surface area contributed by atoms with Gasteiger partial charge < -0.3 is 0 Å². The first-order valence-corrected chi connectivity index (χ1v) is 7.37. The van der Waals surface area contributed by atoms with Crippen molar-refractivity contribution in [2.24, 2.45) is 0 Å². The number of benzene rings is 1. The van der Waals surface area contributed by atoms with Gasteiger partial charge in [-0.2, -0.15) is 0 Å². The molecular weight excluding hydrogens is 290 g/mol. The lowest BCUT2D eigenvalue weighted by Gasteiger charge is -2.06. The fourth-order valence-electron chi connectivity index (χ4n) is 2.08. The minimum atomic E-state index is 0.429. The lowest BCUT2D eigenvalue weighted by Crippen LogP contribution is -1.92. The summed E-state index contributed by atoms with van der Waals surface area (Å²) in [6.07, 6.45) is 0. The fraction of sp³-hybridized carbons (Fsp3) is 0.133. The number of halogens is 1. The third-order valence-electron chi connectivity index (χ3n) is 2.88. The molecule has 0 amide bonds. The molecule has 0 aliphatic carbocycles. The highest BCUT2D eigenvalue weighted by molar-refractivity contribution is 7.99. The van der Waals surface area contributed by atoms with Crippen LogP contribution in [0.25, 0.3) is 10.8 Å². The van der Waals surface area contributed by atoms with Crippen molar-refractivity contribution in [3.05, 3.63) is 52.8 Å². The summed E-state index contributed by atoms with van der Waals surface area (Å²) < 4.78 is 0. The van der Waals surface area contributed by atoms with Gasteiger partial charge in [0.05, 0.1) is 0 Å². The molecule has 0 bridgehead atoms. The van der Waals surface area contributed by atoms with Crippen LogP contribution in [-0.4, -0.2) is 15.2 Å². The van der Waals surface area contributed by atoms with Crippen LogP contribution >= 0.6 is 23.4 Å². The lowest BCUT2D eigenvalue weighted by molar-refractivity contribution is 0.950. The van der Waals surface area contributed by atoms with E-state index in [4.69, 9.17) is 11.6 Å². The number of rotatable bonds is 2. The highest BCUT2D eigenvalue weighted by Gasteiger charge is 2.10. The normalized spacial score (nSPS) is 10.9. The van der Waals surface area contributed by atoms with E-state index in [0.717, 1.165) is 26.5 Å². The Morgan fingerprint density at radius 1 is 1.00 bits per heavy atom. The molecule has 3 nitrogen and oxygen atoms in total. The molecule has 3 rings (SSSR count). The number of nitrogens with zero attached hydrogens (tertiary/aromatic N) is 3. The largest absolute Gasteiger partial charge is 0.246 e. The van der Waals surface area contributed by atoms with Crippen LogP contribution in [0.2, 0.25) is 5.15 Å². The third-order valence-corrected chi connectivity index (χ3v) is 4.08. The third kappa shape index (κ3) is 2.62. The zero-order valence-electron chi connectivity index (χ0n) is 11.1. The molecule has 5 heteroatoms. The number of aromatic nitrogens is 3. The van der Waals surface area contributed by atoms with Gasteiger partial charge in [-0.3, -0.25) is 0 Å². The number of pyridine rings is 1. The van der Waals surface area contributed by atoms with Gasteiger partial charge in [0, 0.05) is 16.5 Å². The van der Waals surface area contributed by atoms with Crippen LogP contribution in [0.3, 0.4) is 0 Å². The minimum Gasteiger partial charge on any atom is -0.246 e. The molecule has 0 spiro atoms. The second-order valence-electron chi connectivity index (χ2n) is 4.57. The van der Waals surface area contributed by atoms with E-state index in [1.807, 2.05) is 37.3 Å². The molecule has 0 aliphatic rings. The number of fused-ring (bicyclic) bond motifs is 1. The number of aryl methyl sites for hydroxylation is 2. The van der Waals surface area contributed by atoms with Gasteiger partial charge in [-0.25, -0.2) is 4.98 Å². The lowest BCUT2D eigenvalue weighted by atomic mass is 10.2. The predicted molar refractivity (Wildman–Crippen MR) is 82.4 cm³/mol. The Labute approximate surface area is 126 Å². The molecule has 2 heterocycles. The molecule has 0 aliphatic heterocycles. The van der Waals surface area contributed by atoms with Gasteiger partial charge in [0.2, 0.25) is 0 Å². The van der Waals surface area contributed by atoms with Crippen LogP contribution < -0.4 is 0 Å². The second kappa shape index (κ2) is 5.38. The van der Waals surface area contributed by atoms with Crippen LogP contribution in [0.5, 0.6) is 0 Å². The SMILES string of the molecule is Cc1cc(C)nc(Sc2nnc(Cl)c3ccccc23)c1. The monoisotopic (exact) mass is 301 g/mol. The summed E-state index contributed by atoms with van der Waals surface area (Å²) in [5.74, 6) is 0. The Hall–Kier alpha value is -1.65. The molecule has 2 aromatic heterocycles. The molecule has 20 heavy (non-hydrogen) atoms. The predicted octanol–water partition coefficient (Wildman–Crippen LogP) is 4.45. The molecule has 0 atom stereocenters. The van der Waals surface area contributed by atoms with Gasteiger partial charge in [0.1, 0.15) is 10.1 Å². The van der Waals surface area contributed by atoms with Gasteiger partial charge in [0.25, 0.3) is 0 Å². The first kappa shape index (κ1) is 13.3. The topological polar surface area (TPSA) is 38.7 Å². The molecule has 100 valence electrons. The molecule has 0 fully saturated rings. The Morgan fingerprint density at radius 3 is 2.50 bits per heavy atom. The van der Waals surface area contributed by atoms with E-state index < -0.39 is 0 Å². The molecular formula is C15H12ClN3S. The van der Waals surface area contributed by atoms with Crippen LogP contribution in [-0.2, 0) is 0 Å². The summed E-state index contributed by atoms with van der Waals surface area (Å²) in [6, 6.07) is 12.0. The van der Waals surface area contributed by atoms with Crippen LogP contribution in [0.15, 0.2) is 46.5 Å². The molecule has 1 aromatic carbocycles. The van der Waals surface area contributed by atoms with Crippen molar-refractivity contribution in [2.75, 3.05) is 0 Å². The first-order chi connectivity index (χ1) is 9.63. The maximum Gasteiger partial charge on any atom is 0.159 e. The Balaban J connectivity index is 2.09. The second-order valence-corrected chi connectivity index (χ2v) is 5.93. The van der Waals surface area contributed by atoms with E-state index in [9.17, 15) is 0 Å². The van der Waals surface area contributed by atoms with E-state index in [1.54, 1.807) is 0 Å². The Morgan fingerprint density at radius 2 is 1.75 bits per heavy atom. The Kier molecular flexibility index (Phi) is 3.59. The van der Waals surface area contributed by atoms with Crippen molar-refractivity contribution in [1.29, 1.82) is 0 Å². The van der Waals surface area contributed by atoms with E-state index in [0.29, 0.717) is 5.15 Å². The maximum atomic E-state index is 6.08. The van der Waals surface area contributed by atoms with Crippen molar-refractivity contribution in [3.8, 4) is 0 Å². The average molecular weight is 302 g/mol. The van der Waals surface area contributed by atoms with Crippen molar-refractivity contribution < 1.29 is 0 Å². The van der Waals surface area contributed by atoms with E-state index in [-0.39, 0.29) is 0 Å². The zero-order valence-corrected chi connectivity index (χ0v) is 12.7. The fourth-order valence-corrected chi connectivity index (χ4v) is 3.28. The van der Waals surface area contributed by atoms with Gasteiger partial charge in [-0.15, -0.1) is 10.2 Å². The van der Waals surface area contributed by atoms with Crippen LogP contribution in [0.1, 0.15) is 11.3 Å². The Bertz CT molecular complexity index is 769. The van der Waals surface area contributed by atoms with Crippen molar-refractivity contribution in [2.45, 2.75) is 23.9 Å². The molecule has 0 saturated heterocycles. The average Bonchev–Trinajstić information content (AvgIpc) is 2.41. The quantitative estimate of drug-likeness (QED) is 0.701. The summed E-state index contributed by atoms with van der Waals surface area (Å²) in [7, 11) is 0. The van der Waals surface area contributed by atoms with Gasteiger partial charge >= 0.3 is 0 Å². The summed E-state index contributed by atoms with van der Waals surface area (Å²) in [5.41, 5.74) is 2.19. The van der Waals surface area contributed by atoms with Crippen molar-refractivity contribution >= 4 is 34.1 Å². The molecule has 0 saturated carbocycles. The summed E-state index contributed by atoms with van der Waals surface area (Å²) >= 11 is 7.59. The van der Waals surface area contributed by atoms with E-state index >= 15 is 0 Å². The molecule has 3 aromatic rings. The van der Waals surface area contributed by atoms with Crippen molar-refractivity contribution in [1.82, 2.24) is 15.2 Å². The number of hydrogen-bond donors (Lipinski definition) is 0. The van der Waals surface area contributed by atoms with Crippen molar-refractivity contribution in [3.63, 3.8) is 0 Å². The summed E-state index contributed by atoms with van der Waals surface area (Å²) in [4.78, 5) is 4.52. The van der Waals surface area contributed by atoms with Gasteiger partial charge in [-0.1, -0.05) is 35.9 Å². The molecule has 0 radical (unpaired) electrons. The highest BCUT2D eigenvalue weighted by Crippen LogP contribution is 2.32. The van der Waals surface area contributed by atoms with Gasteiger partial charge in [-0.05, 0) is 43.3 Å². The van der Waals surface area contributed by atoms with Gasteiger partial charge in [0.15, 0.2) is 5.15 Å². The summed E-state index contributed by atoms with van der Waals surface area (Å²) in [6.45, 7) is 4.05. The standard InChI is InChI=1S/C15H12ClN3S/c1-9-7-10(2)17-13(8-9)20-15-12-6-4-3-5-11(12)14(16)18-19-15/h3-8H,1-2H3.